The van der Waals surface area contributed by atoms with E-state index in [1.54, 1.807) is 44.7 Å². The molecule has 1 aliphatic heterocycles. The van der Waals surface area contributed by atoms with Gasteiger partial charge in [0.25, 0.3) is 5.91 Å². The summed E-state index contributed by atoms with van der Waals surface area (Å²) in [4.78, 5) is 12.3. The van der Waals surface area contributed by atoms with Crippen molar-refractivity contribution < 1.29 is 14.3 Å². The van der Waals surface area contributed by atoms with Crippen molar-refractivity contribution in [2.75, 3.05) is 19.2 Å². The maximum Gasteiger partial charge on any atom is 0.271 e. The number of methoxy groups -OCH3 is 2. The first-order valence-electron chi connectivity index (χ1n) is 12.4. The predicted octanol–water partition coefficient (Wildman–Crippen LogP) is 6.48. The van der Waals surface area contributed by atoms with E-state index in [1.807, 2.05) is 65.7 Å². The third-order valence-electron chi connectivity index (χ3n) is 6.48. The number of anilines is 1. The Labute approximate surface area is 232 Å². The Morgan fingerprint density at radius 2 is 1.51 bits per heavy atom. The lowest BCUT2D eigenvalue weighted by molar-refractivity contribution is 0.0955. The molecule has 0 aliphatic carbocycles. The minimum Gasteiger partial charge on any atom is -0.497 e. The van der Waals surface area contributed by atoms with Crippen LogP contribution in [-0.2, 0) is 0 Å². The predicted molar refractivity (Wildman–Crippen MR) is 155 cm³/mol. The molecule has 0 bridgehead atoms. The molecule has 7 nitrogen and oxygen atoms in total. The fraction of sp³-hybridized carbons (Fsp3) is 0.129. The second kappa shape index (κ2) is 11.8. The van der Waals surface area contributed by atoms with Gasteiger partial charge in [-0.25, -0.2) is 5.43 Å². The summed E-state index contributed by atoms with van der Waals surface area (Å²) < 4.78 is 10.7. The Bertz CT molecular complexity index is 1480. The molecule has 1 atom stereocenters. The topological polar surface area (TPSA) is 75.5 Å². The first kappa shape index (κ1) is 26.0. The van der Waals surface area contributed by atoms with Crippen molar-refractivity contribution in [3.05, 3.63) is 124 Å². The van der Waals surface area contributed by atoms with Crippen molar-refractivity contribution in [3.63, 3.8) is 0 Å². The SMILES string of the molecule is COc1ccc(C2=NN(c3ccc(C=NNC(=O)c4ccc(Cl)cc4)cc3)C(c3ccc(OC)cc3)C2)cc1. The summed E-state index contributed by atoms with van der Waals surface area (Å²) in [5.74, 6) is 1.31. The van der Waals surface area contributed by atoms with E-state index in [-0.39, 0.29) is 11.9 Å². The number of nitrogens with zero attached hydrogens (tertiary/aromatic N) is 3. The van der Waals surface area contributed by atoms with Crippen LogP contribution in [0.2, 0.25) is 5.02 Å². The average molecular weight is 539 g/mol. The van der Waals surface area contributed by atoms with E-state index in [1.165, 1.54) is 0 Å². The van der Waals surface area contributed by atoms with Gasteiger partial charge in [-0.15, -0.1) is 0 Å². The molecule has 5 rings (SSSR count). The molecule has 0 saturated carbocycles. The number of hydrogen-bond acceptors (Lipinski definition) is 6. The lowest BCUT2D eigenvalue weighted by Gasteiger charge is -2.24. The van der Waals surface area contributed by atoms with Crippen LogP contribution in [0.25, 0.3) is 0 Å². The zero-order valence-electron chi connectivity index (χ0n) is 21.5. The second-order valence-electron chi connectivity index (χ2n) is 8.91. The molecule has 196 valence electrons. The largest absolute Gasteiger partial charge is 0.497 e. The Balaban J connectivity index is 1.35. The van der Waals surface area contributed by atoms with Gasteiger partial charge in [0.05, 0.1) is 37.9 Å². The van der Waals surface area contributed by atoms with Gasteiger partial charge >= 0.3 is 0 Å². The zero-order chi connectivity index (χ0) is 27.2. The van der Waals surface area contributed by atoms with Crippen LogP contribution in [0.4, 0.5) is 5.69 Å². The molecule has 0 radical (unpaired) electrons. The lowest BCUT2D eigenvalue weighted by Crippen LogP contribution is -2.18. The zero-order valence-corrected chi connectivity index (χ0v) is 22.3. The van der Waals surface area contributed by atoms with Crippen LogP contribution in [-0.4, -0.2) is 32.1 Å². The number of amides is 1. The van der Waals surface area contributed by atoms with Crippen LogP contribution in [0.15, 0.2) is 107 Å². The van der Waals surface area contributed by atoms with Gasteiger partial charge in [0.2, 0.25) is 0 Å². The first-order valence-corrected chi connectivity index (χ1v) is 12.8. The van der Waals surface area contributed by atoms with E-state index >= 15 is 0 Å². The molecule has 39 heavy (non-hydrogen) atoms. The average Bonchev–Trinajstić information content (AvgIpc) is 3.43. The molecule has 1 amide bonds. The van der Waals surface area contributed by atoms with Crippen molar-refractivity contribution in [3.8, 4) is 11.5 Å². The smallest absolute Gasteiger partial charge is 0.271 e. The molecule has 1 heterocycles. The molecular weight excluding hydrogens is 512 g/mol. The molecule has 0 saturated heterocycles. The second-order valence-corrected chi connectivity index (χ2v) is 9.35. The molecule has 0 spiro atoms. The number of ether oxygens (including phenoxy) is 2. The normalized spacial score (nSPS) is 14.8. The van der Waals surface area contributed by atoms with E-state index in [0.29, 0.717) is 10.6 Å². The highest BCUT2D eigenvalue weighted by Gasteiger charge is 2.30. The van der Waals surface area contributed by atoms with Crippen molar-refractivity contribution in [2.45, 2.75) is 12.5 Å². The molecule has 1 N–H and O–H groups in total. The molecule has 0 fully saturated rings. The van der Waals surface area contributed by atoms with Gasteiger partial charge in [0.15, 0.2) is 0 Å². The highest BCUT2D eigenvalue weighted by molar-refractivity contribution is 6.30. The van der Waals surface area contributed by atoms with E-state index < -0.39 is 0 Å². The van der Waals surface area contributed by atoms with Gasteiger partial charge in [0.1, 0.15) is 11.5 Å². The number of halogens is 1. The number of hydrogen-bond donors (Lipinski definition) is 1. The summed E-state index contributed by atoms with van der Waals surface area (Å²) >= 11 is 5.88. The highest BCUT2D eigenvalue weighted by atomic mass is 35.5. The number of nitrogens with one attached hydrogen (secondary N) is 1. The highest BCUT2D eigenvalue weighted by Crippen LogP contribution is 2.37. The molecule has 8 heteroatoms. The number of benzene rings is 4. The fourth-order valence-electron chi connectivity index (χ4n) is 4.34. The van der Waals surface area contributed by atoms with E-state index in [0.717, 1.165) is 46.0 Å². The summed E-state index contributed by atoms with van der Waals surface area (Å²) in [6.07, 6.45) is 2.35. The quantitative estimate of drug-likeness (QED) is 0.206. The van der Waals surface area contributed by atoms with Crippen molar-refractivity contribution in [1.82, 2.24) is 5.43 Å². The third-order valence-corrected chi connectivity index (χ3v) is 6.73. The Hall–Kier alpha value is -4.62. The number of hydrazone groups is 2. The van der Waals surface area contributed by atoms with Gasteiger partial charge in [-0.3, -0.25) is 9.80 Å². The van der Waals surface area contributed by atoms with E-state index in [4.69, 9.17) is 26.2 Å². The van der Waals surface area contributed by atoms with Crippen LogP contribution in [0, 0.1) is 0 Å². The third kappa shape index (κ3) is 6.10. The molecule has 1 unspecified atom stereocenters. The molecular formula is C31H27ClN4O3. The summed E-state index contributed by atoms with van der Waals surface area (Å²) in [6, 6.07) is 30.6. The van der Waals surface area contributed by atoms with Crippen LogP contribution >= 0.6 is 11.6 Å². The van der Waals surface area contributed by atoms with Crippen molar-refractivity contribution in [1.29, 1.82) is 0 Å². The van der Waals surface area contributed by atoms with Gasteiger partial charge in [-0.1, -0.05) is 35.9 Å². The Morgan fingerprint density at radius 1 is 0.897 bits per heavy atom. The van der Waals surface area contributed by atoms with Gasteiger partial charge in [-0.2, -0.15) is 10.2 Å². The summed E-state index contributed by atoms with van der Waals surface area (Å²) in [6.45, 7) is 0. The summed E-state index contributed by atoms with van der Waals surface area (Å²) in [7, 11) is 3.32. The van der Waals surface area contributed by atoms with E-state index in [9.17, 15) is 4.79 Å². The minimum atomic E-state index is -0.306. The van der Waals surface area contributed by atoms with Crippen molar-refractivity contribution >= 4 is 35.1 Å². The molecule has 4 aromatic rings. The monoisotopic (exact) mass is 538 g/mol. The summed E-state index contributed by atoms with van der Waals surface area (Å²) in [5.41, 5.74) is 8.00. The van der Waals surface area contributed by atoms with Gasteiger partial charge in [-0.05, 0) is 89.5 Å². The molecule has 1 aliphatic rings. The van der Waals surface area contributed by atoms with Gasteiger partial charge in [0, 0.05) is 17.0 Å². The molecule has 4 aromatic carbocycles. The number of carbonyl (C=O) groups is 1. The number of rotatable bonds is 8. The Morgan fingerprint density at radius 3 is 2.13 bits per heavy atom. The first-order chi connectivity index (χ1) is 19.0. The lowest BCUT2D eigenvalue weighted by atomic mass is 9.98. The maximum absolute atomic E-state index is 12.3. The van der Waals surface area contributed by atoms with Crippen molar-refractivity contribution in [2.24, 2.45) is 10.2 Å². The molecule has 0 aromatic heterocycles. The Kier molecular flexibility index (Phi) is 7.89. The minimum absolute atomic E-state index is 0.0196. The van der Waals surface area contributed by atoms with E-state index in [2.05, 4.69) is 22.7 Å². The van der Waals surface area contributed by atoms with Gasteiger partial charge < -0.3 is 9.47 Å². The fourth-order valence-corrected chi connectivity index (χ4v) is 4.46. The summed E-state index contributed by atoms with van der Waals surface area (Å²) in [5, 5.41) is 11.7. The maximum atomic E-state index is 12.3. The van der Waals surface area contributed by atoms with Crippen LogP contribution in [0.3, 0.4) is 0 Å². The number of carbonyl (C=O) groups excluding carboxylic acids is 1. The van der Waals surface area contributed by atoms with Crippen LogP contribution in [0.1, 0.15) is 39.5 Å². The van der Waals surface area contributed by atoms with Crippen LogP contribution < -0.4 is 19.9 Å². The van der Waals surface area contributed by atoms with Crippen LogP contribution in [0.5, 0.6) is 11.5 Å². The standard InChI is InChI=1S/C31H27ClN4O3/c1-38-27-15-7-22(8-16-27)29-19-30(23-9-17-28(39-2)18-10-23)36(35-29)26-13-3-21(4-14-26)20-33-34-31(37)24-5-11-25(32)12-6-24/h3-18,20,30H,19H2,1-2H3,(H,34,37).